The number of non-ortho nitro benzene ring substituents is 1. The number of nitro groups is 1. The lowest BCUT2D eigenvalue weighted by atomic mass is 9.78. The summed E-state index contributed by atoms with van der Waals surface area (Å²) in [4.78, 5) is 10.1. The Kier molecular flexibility index (Phi) is 5.18. The number of nitrogens with zero attached hydrogens (tertiary/aromatic N) is 1. The van der Waals surface area contributed by atoms with Crippen molar-refractivity contribution < 1.29 is 13.3 Å². The fourth-order valence-electron chi connectivity index (χ4n) is 2.95. The van der Waals surface area contributed by atoms with Crippen molar-refractivity contribution in [3.05, 3.63) is 39.9 Å². The van der Waals surface area contributed by atoms with Gasteiger partial charge in [0.05, 0.1) is 10.7 Å². The van der Waals surface area contributed by atoms with E-state index in [1.54, 1.807) is 0 Å². The van der Waals surface area contributed by atoms with Crippen molar-refractivity contribution in [2.45, 2.75) is 44.9 Å². The van der Waals surface area contributed by atoms with Crippen molar-refractivity contribution in [3.8, 4) is 0 Å². The summed E-state index contributed by atoms with van der Waals surface area (Å²) in [5.74, 6) is 0.684. The van der Waals surface area contributed by atoms with Crippen molar-refractivity contribution in [1.82, 2.24) is 4.72 Å². The summed E-state index contributed by atoms with van der Waals surface area (Å²) >= 11 is 0. The Bertz CT molecular complexity index is 627. The summed E-state index contributed by atoms with van der Waals surface area (Å²) in [6, 6.07) is 5.62. The molecule has 1 saturated carbocycles. The summed E-state index contributed by atoms with van der Waals surface area (Å²) in [6.45, 7) is 4.24. The van der Waals surface area contributed by atoms with Crippen molar-refractivity contribution in [3.63, 3.8) is 0 Å². The van der Waals surface area contributed by atoms with Crippen LogP contribution in [0.3, 0.4) is 0 Å². The Morgan fingerprint density at radius 2 is 1.86 bits per heavy atom. The molecule has 6 nitrogen and oxygen atoms in total. The van der Waals surface area contributed by atoms with E-state index in [4.69, 9.17) is 0 Å². The quantitative estimate of drug-likeness (QED) is 0.665. The highest BCUT2D eigenvalue weighted by molar-refractivity contribution is 7.88. The van der Waals surface area contributed by atoms with Crippen molar-refractivity contribution in [1.29, 1.82) is 0 Å². The predicted octanol–water partition coefficient (Wildman–Crippen LogP) is 2.84. The number of nitrogens with one attached hydrogen (secondary N) is 1. The molecule has 0 saturated heterocycles. The van der Waals surface area contributed by atoms with E-state index in [0.717, 1.165) is 19.3 Å². The summed E-state index contributed by atoms with van der Waals surface area (Å²) in [5.41, 5.74) is 0.512. The number of hydrogen-bond acceptors (Lipinski definition) is 4. The third-order valence-electron chi connectivity index (χ3n) is 4.54. The first-order valence-electron chi connectivity index (χ1n) is 7.52. The Hall–Kier alpha value is -1.47. The maximum atomic E-state index is 12.3. The number of sulfonamides is 1. The first-order valence-corrected chi connectivity index (χ1v) is 9.17. The first-order chi connectivity index (χ1) is 10.3. The fraction of sp³-hybridized carbons (Fsp3) is 0.600. The number of nitro benzene ring substituents is 1. The predicted molar refractivity (Wildman–Crippen MR) is 84.8 cm³/mol. The maximum absolute atomic E-state index is 12.3. The van der Waals surface area contributed by atoms with E-state index < -0.39 is 14.9 Å². The minimum absolute atomic E-state index is 0.0215. The van der Waals surface area contributed by atoms with Gasteiger partial charge >= 0.3 is 0 Å². The summed E-state index contributed by atoms with van der Waals surface area (Å²) in [5, 5.41) is 10.6. The molecule has 2 rings (SSSR count). The molecule has 122 valence electrons. The van der Waals surface area contributed by atoms with Crippen LogP contribution in [0.15, 0.2) is 24.3 Å². The normalized spacial score (nSPS) is 25.8. The van der Waals surface area contributed by atoms with Crippen LogP contribution in [0, 0.1) is 22.0 Å². The number of benzene rings is 1. The van der Waals surface area contributed by atoms with Crippen LogP contribution >= 0.6 is 0 Å². The van der Waals surface area contributed by atoms with E-state index >= 15 is 0 Å². The molecule has 0 unspecified atom stereocenters. The smallest absolute Gasteiger partial charge is 0.258 e. The second-order valence-electron chi connectivity index (χ2n) is 6.17. The van der Waals surface area contributed by atoms with Crippen LogP contribution < -0.4 is 4.72 Å². The molecule has 3 atom stereocenters. The molecule has 0 spiro atoms. The van der Waals surface area contributed by atoms with Gasteiger partial charge in [-0.2, -0.15) is 0 Å². The highest BCUT2D eigenvalue weighted by Gasteiger charge is 2.30. The third-order valence-corrected chi connectivity index (χ3v) is 5.92. The largest absolute Gasteiger partial charge is 0.269 e. The van der Waals surface area contributed by atoms with Crippen molar-refractivity contribution in [2.75, 3.05) is 0 Å². The lowest BCUT2D eigenvalue weighted by Crippen LogP contribution is -2.44. The van der Waals surface area contributed by atoms with Gasteiger partial charge in [0.1, 0.15) is 0 Å². The Morgan fingerprint density at radius 1 is 1.23 bits per heavy atom. The van der Waals surface area contributed by atoms with Crippen molar-refractivity contribution in [2.24, 2.45) is 11.8 Å². The molecule has 1 N–H and O–H groups in total. The van der Waals surface area contributed by atoms with Gasteiger partial charge in [0, 0.05) is 18.2 Å². The van der Waals surface area contributed by atoms with Gasteiger partial charge in [0.25, 0.3) is 5.69 Å². The molecule has 0 bridgehead atoms. The average molecular weight is 326 g/mol. The van der Waals surface area contributed by atoms with Crippen molar-refractivity contribution >= 4 is 15.7 Å². The molecule has 1 aromatic rings. The fourth-order valence-corrected chi connectivity index (χ4v) is 4.46. The monoisotopic (exact) mass is 326 g/mol. The summed E-state index contributed by atoms with van der Waals surface area (Å²) < 4.78 is 27.4. The Labute approximate surface area is 131 Å². The van der Waals surface area contributed by atoms with E-state index in [2.05, 4.69) is 18.6 Å². The van der Waals surface area contributed by atoms with Crippen LogP contribution in [0.2, 0.25) is 0 Å². The van der Waals surface area contributed by atoms with Gasteiger partial charge in [0.2, 0.25) is 10.0 Å². The molecular weight excluding hydrogens is 304 g/mol. The van der Waals surface area contributed by atoms with Gasteiger partial charge < -0.3 is 0 Å². The van der Waals surface area contributed by atoms with Crippen LogP contribution in [-0.4, -0.2) is 19.4 Å². The molecule has 0 radical (unpaired) electrons. The van der Waals surface area contributed by atoms with E-state index in [1.165, 1.54) is 24.3 Å². The van der Waals surface area contributed by atoms with Gasteiger partial charge in [-0.3, -0.25) is 10.1 Å². The minimum Gasteiger partial charge on any atom is -0.258 e. The van der Waals surface area contributed by atoms with Gasteiger partial charge in [-0.1, -0.05) is 38.8 Å². The second kappa shape index (κ2) is 6.75. The molecule has 7 heteroatoms. The molecule has 0 amide bonds. The topological polar surface area (TPSA) is 89.3 Å². The van der Waals surface area contributed by atoms with E-state index in [1.807, 2.05) is 0 Å². The lowest BCUT2D eigenvalue weighted by molar-refractivity contribution is -0.384. The minimum atomic E-state index is -3.44. The highest BCUT2D eigenvalue weighted by atomic mass is 32.2. The van der Waals surface area contributed by atoms with Crippen LogP contribution in [-0.2, 0) is 15.8 Å². The van der Waals surface area contributed by atoms with Gasteiger partial charge in [-0.15, -0.1) is 0 Å². The Morgan fingerprint density at radius 3 is 2.45 bits per heavy atom. The zero-order valence-electron chi connectivity index (χ0n) is 12.9. The standard InChI is InChI=1S/C15H22N2O4S/c1-11-4-3-5-15(12(11)2)16-22(20,21)10-13-6-8-14(9-7-13)17(18)19/h6-9,11-12,15-16H,3-5,10H2,1-2H3/t11-,12+,15+/m1/s1. The van der Waals surface area contributed by atoms with E-state index in [-0.39, 0.29) is 17.5 Å². The molecule has 22 heavy (non-hydrogen) atoms. The molecule has 1 aliphatic rings. The summed E-state index contributed by atoms with van der Waals surface area (Å²) in [6.07, 6.45) is 3.04. The first kappa shape index (κ1) is 16.9. The maximum Gasteiger partial charge on any atom is 0.269 e. The molecular formula is C15H22N2O4S. The van der Waals surface area contributed by atoms with E-state index in [9.17, 15) is 18.5 Å². The van der Waals surface area contributed by atoms with Crippen LogP contribution in [0.5, 0.6) is 0 Å². The summed E-state index contributed by atoms with van der Waals surface area (Å²) in [7, 11) is -3.44. The van der Waals surface area contributed by atoms with Crippen LogP contribution in [0.4, 0.5) is 5.69 Å². The van der Waals surface area contributed by atoms with E-state index in [0.29, 0.717) is 17.4 Å². The van der Waals surface area contributed by atoms with Gasteiger partial charge in [-0.25, -0.2) is 13.1 Å². The molecule has 0 heterocycles. The van der Waals surface area contributed by atoms with Gasteiger partial charge in [0.15, 0.2) is 0 Å². The molecule has 1 fully saturated rings. The highest BCUT2D eigenvalue weighted by Crippen LogP contribution is 2.30. The third kappa shape index (κ3) is 4.27. The number of rotatable bonds is 5. The average Bonchev–Trinajstić information content (AvgIpc) is 2.44. The van der Waals surface area contributed by atoms with Gasteiger partial charge in [-0.05, 0) is 23.8 Å². The van der Waals surface area contributed by atoms with Crippen LogP contribution in [0.1, 0.15) is 38.7 Å². The lowest BCUT2D eigenvalue weighted by Gasteiger charge is -2.34. The zero-order valence-corrected chi connectivity index (χ0v) is 13.7. The zero-order chi connectivity index (χ0) is 16.3. The second-order valence-corrected chi connectivity index (χ2v) is 7.93. The molecule has 1 aromatic carbocycles. The van der Waals surface area contributed by atoms with Crippen LogP contribution in [0.25, 0.3) is 0 Å². The Balaban J connectivity index is 2.03. The molecule has 0 aliphatic heterocycles. The number of hydrogen-bond donors (Lipinski definition) is 1. The SMILES string of the molecule is C[C@H]1[C@H](C)CCC[C@@H]1NS(=O)(=O)Cc1ccc([N+](=O)[O-])cc1. The molecule has 1 aliphatic carbocycles. The molecule has 0 aromatic heterocycles.